The Morgan fingerprint density at radius 3 is 2.38 bits per heavy atom. The van der Waals surface area contributed by atoms with Crippen molar-refractivity contribution in [2.75, 3.05) is 6.54 Å². The number of benzene rings is 2. The summed E-state index contributed by atoms with van der Waals surface area (Å²) < 4.78 is 0. The molecule has 1 atom stereocenters. The molecule has 0 bridgehead atoms. The van der Waals surface area contributed by atoms with Crippen molar-refractivity contribution >= 4 is 11.8 Å². The lowest BCUT2D eigenvalue weighted by molar-refractivity contribution is -0.140. The number of rotatable bonds is 9. The van der Waals surface area contributed by atoms with Gasteiger partial charge in [-0.2, -0.15) is 0 Å². The second kappa shape index (κ2) is 10.8. The third-order valence-electron chi connectivity index (χ3n) is 5.45. The van der Waals surface area contributed by atoms with Crippen LogP contribution in [-0.4, -0.2) is 29.3 Å². The van der Waals surface area contributed by atoms with E-state index in [1.807, 2.05) is 58.0 Å². The largest absolute Gasteiger partial charge is 0.354 e. The van der Waals surface area contributed by atoms with Gasteiger partial charge in [0.05, 0.1) is 6.42 Å². The SMILES string of the molecule is CCCCNC(=O)C(C)N(Cc1ccccc1C)C(=O)Cc1cc(C)ccc1C. The molecule has 1 N–H and O–H groups in total. The summed E-state index contributed by atoms with van der Waals surface area (Å²) in [5, 5.41) is 2.97. The fourth-order valence-corrected chi connectivity index (χ4v) is 3.34. The molecule has 0 spiro atoms. The molecule has 156 valence electrons. The maximum absolute atomic E-state index is 13.3. The van der Waals surface area contributed by atoms with E-state index in [1.54, 1.807) is 4.90 Å². The summed E-state index contributed by atoms with van der Waals surface area (Å²) in [4.78, 5) is 27.7. The Morgan fingerprint density at radius 2 is 1.69 bits per heavy atom. The number of hydrogen-bond acceptors (Lipinski definition) is 2. The van der Waals surface area contributed by atoms with E-state index >= 15 is 0 Å². The van der Waals surface area contributed by atoms with Crippen LogP contribution in [0.1, 0.15) is 54.5 Å². The molecule has 0 aliphatic carbocycles. The normalized spacial score (nSPS) is 11.8. The average Bonchev–Trinajstić information content (AvgIpc) is 2.69. The second-order valence-corrected chi connectivity index (χ2v) is 7.88. The molecule has 29 heavy (non-hydrogen) atoms. The van der Waals surface area contributed by atoms with E-state index in [2.05, 4.69) is 24.4 Å². The lowest BCUT2D eigenvalue weighted by Crippen LogP contribution is -2.48. The quantitative estimate of drug-likeness (QED) is 0.637. The van der Waals surface area contributed by atoms with Crippen molar-refractivity contribution in [2.45, 2.75) is 66.5 Å². The number of nitrogens with zero attached hydrogens (tertiary/aromatic N) is 1. The minimum Gasteiger partial charge on any atom is -0.354 e. The molecule has 1 unspecified atom stereocenters. The van der Waals surface area contributed by atoms with E-state index in [4.69, 9.17) is 0 Å². The Balaban J connectivity index is 2.25. The molecule has 2 aromatic carbocycles. The molecule has 0 fully saturated rings. The fraction of sp³-hybridized carbons (Fsp3) is 0.440. The number of carbonyl (C=O) groups excluding carboxylic acids is 2. The number of unbranched alkanes of at least 4 members (excludes halogenated alkanes) is 1. The second-order valence-electron chi connectivity index (χ2n) is 7.88. The summed E-state index contributed by atoms with van der Waals surface area (Å²) in [7, 11) is 0. The van der Waals surface area contributed by atoms with Crippen LogP contribution in [0, 0.1) is 20.8 Å². The Bertz CT molecular complexity index is 844. The highest BCUT2D eigenvalue weighted by Gasteiger charge is 2.26. The predicted molar refractivity (Wildman–Crippen MR) is 119 cm³/mol. The van der Waals surface area contributed by atoms with Crippen molar-refractivity contribution in [3.63, 3.8) is 0 Å². The van der Waals surface area contributed by atoms with Gasteiger partial charge in [0.15, 0.2) is 0 Å². The number of carbonyl (C=O) groups is 2. The van der Waals surface area contributed by atoms with Crippen molar-refractivity contribution < 1.29 is 9.59 Å². The van der Waals surface area contributed by atoms with Gasteiger partial charge in [0, 0.05) is 13.1 Å². The number of amides is 2. The first-order valence-corrected chi connectivity index (χ1v) is 10.5. The fourth-order valence-electron chi connectivity index (χ4n) is 3.34. The van der Waals surface area contributed by atoms with E-state index in [1.165, 1.54) is 0 Å². The van der Waals surface area contributed by atoms with E-state index in [0.717, 1.165) is 40.7 Å². The first-order valence-electron chi connectivity index (χ1n) is 10.5. The van der Waals surface area contributed by atoms with Gasteiger partial charge in [0.2, 0.25) is 11.8 Å². The molecule has 0 radical (unpaired) electrons. The Labute approximate surface area is 175 Å². The van der Waals surface area contributed by atoms with Crippen LogP contribution >= 0.6 is 0 Å². The summed E-state index contributed by atoms with van der Waals surface area (Å²) in [5.74, 6) is -0.124. The molecule has 0 heterocycles. The zero-order valence-corrected chi connectivity index (χ0v) is 18.4. The first-order chi connectivity index (χ1) is 13.8. The Kier molecular flexibility index (Phi) is 8.44. The van der Waals surface area contributed by atoms with Crippen molar-refractivity contribution in [1.29, 1.82) is 0 Å². The maximum atomic E-state index is 13.3. The van der Waals surface area contributed by atoms with Crippen LogP contribution in [0.4, 0.5) is 0 Å². The molecule has 0 saturated carbocycles. The number of aryl methyl sites for hydroxylation is 3. The summed E-state index contributed by atoms with van der Waals surface area (Å²) in [6, 6.07) is 13.7. The monoisotopic (exact) mass is 394 g/mol. The summed E-state index contributed by atoms with van der Waals surface area (Å²) in [5.41, 5.74) is 5.43. The molecule has 2 amide bonds. The molecule has 4 nitrogen and oxygen atoms in total. The highest BCUT2D eigenvalue weighted by atomic mass is 16.2. The Hall–Kier alpha value is -2.62. The minimum absolute atomic E-state index is 0.0277. The van der Waals surface area contributed by atoms with Gasteiger partial charge in [0.25, 0.3) is 0 Å². The molecule has 0 aliphatic heterocycles. The van der Waals surface area contributed by atoms with Gasteiger partial charge in [-0.15, -0.1) is 0 Å². The van der Waals surface area contributed by atoms with Crippen molar-refractivity contribution in [3.05, 3.63) is 70.3 Å². The van der Waals surface area contributed by atoms with Crippen molar-refractivity contribution in [2.24, 2.45) is 0 Å². The molecule has 0 aromatic heterocycles. The third kappa shape index (κ3) is 6.45. The molecular formula is C25H34N2O2. The van der Waals surface area contributed by atoms with Gasteiger partial charge >= 0.3 is 0 Å². The highest BCUT2D eigenvalue weighted by molar-refractivity contribution is 5.88. The van der Waals surface area contributed by atoms with Crippen LogP contribution in [-0.2, 0) is 22.6 Å². The summed E-state index contributed by atoms with van der Waals surface area (Å²) >= 11 is 0. The summed E-state index contributed by atoms with van der Waals surface area (Å²) in [6.07, 6.45) is 2.26. The molecular weight excluding hydrogens is 360 g/mol. The molecule has 2 aromatic rings. The van der Waals surface area contributed by atoms with E-state index in [-0.39, 0.29) is 11.8 Å². The molecule has 4 heteroatoms. The van der Waals surface area contributed by atoms with Gasteiger partial charge in [-0.25, -0.2) is 0 Å². The van der Waals surface area contributed by atoms with Gasteiger partial charge in [0.1, 0.15) is 6.04 Å². The van der Waals surface area contributed by atoms with Crippen LogP contribution in [0.2, 0.25) is 0 Å². The third-order valence-corrected chi connectivity index (χ3v) is 5.45. The lowest BCUT2D eigenvalue weighted by atomic mass is 10.0. The Morgan fingerprint density at radius 1 is 1.00 bits per heavy atom. The standard InChI is InChI=1S/C25H34N2O2/c1-6-7-14-26-25(29)21(5)27(17-22-11-9-8-10-19(22)3)24(28)16-23-15-18(2)12-13-20(23)4/h8-13,15,21H,6-7,14,16-17H2,1-5H3,(H,26,29). The first kappa shape index (κ1) is 22.7. The van der Waals surface area contributed by atoms with Crippen molar-refractivity contribution in [1.82, 2.24) is 10.2 Å². The van der Waals surface area contributed by atoms with Gasteiger partial charge in [-0.05, 0) is 56.4 Å². The number of hydrogen-bond donors (Lipinski definition) is 1. The zero-order chi connectivity index (χ0) is 21.4. The van der Waals surface area contributed by atoms with Crippen LogP contribution in [0.25, 0.3) is 0 Å². The summed E-state index contributed by atoms with van der Waals surface area (Å²) in [6.45, 7) is 11.1. The highest BCUT2D eigenvalue weighted by Crippen LogP contribution is 2.17. The lowest BCUT2D eigenvalue weighted by Gasteiger charge is -2.29. The van der Waals surface area contributed by atoms with Crippen LogP contribution in [0.5, 0.6) is 0 Å². The molecule has 0 saturated heterocycles. The van der Waals surface area contributed by atoms with Gasteiger partial charge < -0.3 is 10.2 Å². The minimum atomic E-state index is -0.524. The molecule has 2 rings (SSSR count). The van der Waals surface area contributed by atoms with Crippen LogP contribution in [0.3, 0.4) is 0 Å². The van der Waals surface area contributed by atoms with Gasteiger partial charge in [-0.3, -0.25) is 9.59 Å². The smallest absolute Gasteiger partial charge is 0.242 e. The number of nitrogens with one attached hydrogen (secondary N) is 1. The predicted octanol–water partition coefficient (Wildman–Crippen LogP) is 4.49. The van der Waals surface area contributed by atoms with Crippen LogP contribution < -0.4 is 5.32 Å². The van der Waals surface area contributed by atoms with Gasteiger partial charge in [-0.1, -0.05) is 61.4 Å². The van der Waals surface area contributed by atoms with Crippen molar-refractivity contribution in [3.8, 4) is 0 Å². The maximum Gasteiger partial charge on any atom is 0.242 e. The van der Waals surface area contributed by atoms with Crippen LogP contribution in [0.15, 0.2) is 42.5 Å². The zero-order valence-electron chi connectivity index (χ0n) is 18.4. The van der Waals surface area contributed by atoms with E-state index in [0.29, 0.717) is 19.5 Å². The molecule has 0 aliphatic rings. The van der Waals surface area contributed by atoms with E-state index in [9.17, 15) is 9.59 Å². The van der Waals surface area contributed by atoms with E-state index < -0.39 is 6.04 Å². The average molecular weight is 395 g/mol. The topological polar surface area (TPSA) is 49.4 Å².